The van der Waals surface area contributed by atoms with Gasteiger partial charge in [0.15, 0.2) is 11.5 Å². The van der Waals surface area contributed by atoms with E-state index in [1.807, 2.05) is 6.92 Å². The molecule has 4 nitrogen and oxygen atoms in total. The van der Waals surface area contributed by atoms with Gasteiger partial charge < -0.3 is 14.2 Å². The predicted molar refractivity (Wildman–Crippen MR) is 68.3 cm³/mol. The fraction of sp³-hybridized carbons (Fsp3) is 0.417. The van der Waals surface area contributed by atoms with E-state index in [0.29, 0.717) is 17.2 Å². The van der Waals surface area contributed by atoms with Crippen molar-refractivity contribution in [2.75, 3.05) is 14.2 Å². The molecule has 0 fully saturated rings. The summed E-state index contributed by atoms with van der Waals surface area (Å²) in [6.07, 6.45) is 0. The van der Waals surface area contributed by atoms with E-state index < -0.39 is 10.8 Å². The first-order valence-electron chi connectivity index (χ1n) is 5.08. The van der Waals surface area contributed by atoms with Crippen LogP contribution < -0.4 is 14.2 Å². The van der Waals surface area contributed by atoms with E-state index in [9.17, 15) is 4.79 Å². The van der Waals surface area contributed by atoms with E-state index in [2.05, 4.69) is 15.9 Å². The summed E-state index contributed by atoms with van der Waals surface area (Å²) in [6, 6.07) is 3.56. The van der Waals surface area contributed by atoms with Crippen molar-refractivity contribution in [3.8, 4) is 17.2 Å². The predicted octanol–water partition coefficient (Wildman–Crippen LogP) is 2.70. The fourth-order valence-corrected chi connectivity index (χ4v) is 1.39. The Bertz CT molecular complexity index is 390. The van der Waals surface area contributed by atoms with E-state index in [4.69, 9.17) is 14.2 Å². The maximum Gasteiger partial charge on any atom is 0.325 e. The first kappa shape index (κ1) is 13.8. The van der Waals surface area contributed by atoms with Crippen LogP contribution in [0.15, 0.2) is 12.1 Å². The van der Waals surface area contributed by atoms with Crippen LogP contribution in [0.5, 0.6) is 17.2 Å². The van der Waals surface area contributed by atoms with Crippen molar-refractivity contribution in [2.24, 2.45) is 0 Å². The fourth-order valence-electron chi connectivity index (χ4n) is 1.29. The molecule has 0 bridgehead atoms. The number of hydrogen-bond donors (Lipinski definition) is 0. The third kappa shape index (κ3) is 3.36. The molecule has 0 aromatic heterocycles. The Balaban J connectivity index is 3.15. The molecule has 17 heavy (non-hydrogen) atoms. The van der Waals surface area contributed by atoms with Gasteiger partial charge in [0.05, 0.1) is 14.2 Å². The van der Waals surface area contributed by atoms with Gasteiger partial charge in [-0.25, -0.2) is 0 Å². The number of carbonyl (C=O) groups is 1. The summed E-state index contributed by atoms with van der Waals surface area (Å²) in [5.74, 6) is 0.856. The highest BCUT2D eigenvalue weighted by Crippen LogP contribution is 2.38. The van der Waals surface area contributed by atoms with Gasteiger partial charge in [0.25, 0.3) is 0 Å². The third-order valence-corrected chi connectivity index (χ3v) is 2.51. The topological polar surface area (TPSA) is 44.8 Å². The molecule has 0 saturated carbocycles. The number of ether oxygens (including phenoxy) is 3. The zero-order valence-corrected chi connectivity index (χ0v) is 11.8. The minimum absolute atomic E-state index is 0.303. The molecule has 5 heteroatoms. The van der Waals surface area contributed by atoms with E-state index >= 15 is 0 Å². The lowest BCUT2D eigenvalue weighted by molar-refractivity contribution is -0.133. The molecular weight excluding hydrogens is 288 g/mol. The lowest BCUT2D eigenvalue weighted by Crippen LogP contribution is -2.18. The maximum atomic E-state index is 11.6. The molecule has 0 radical (unpaired) electrons. The summed E-state index contributed by atoms with van der Waals surface area (Å²) < 4.78 is 15.6. The van der Waals surface area contributed by atoms with Crippen LogP contribution in [-0.4, -0.2) is 25.0 Å². The molecule has 0 amide bonds. The molecule has 94 valence electrons. The van der Waals surface area contributed by atoms with Gasteiger partial charge in [-0.2, -0.15) is 0 Å². The summed E-state index contributed by atoms with van der Waals surface area (Å²) in [5.41, 5.74) is 0.963. The van der Waals surface area contributed by atoms with Crippen molar-refractivity contribution >= 4 is 21.9 Å². The zero-order chi connectivity index (χ0) is 13.0. The second-order valence-corrected chi connectivity index (χ2v) is 4.91. The smallest absolute Gasteiger partial charge is 0.325 e. The first-order valence-corrected chi connectivity index (χ1v) is 5.99. The van der Waals surface area contributed by atoms with E-state index in [0.717, 1.165) is 5.56 Å². The van der Waals surface area contributed by atoms with Crippen LogP contribution in [-0.2, 0) is 4.79 Å². The van der Waals surface area contributed by atoms with Gasteiger partial charge in [-0.1, -0.05) is 15.9 Å². The van der Waals surface area contributed by atoms with Crippen molar-refractivity contribution in [1.29, 1.82) is 0 Å². The molecule has 1 aromatic carbocycles. The van der Waals surface area contributed by atoms with Crippen LogP contribution in [0.1, 0.15) is 12.5 Å². The molecule has 0 aliphatic heterocycles. The van der Waals surface area contributed by atoms with Crippen molar-refractivity contribution in [3.05, 3.63) is 17.7 Å². The number of halogens is 1. The molecule has 1 unspecified atom stereocenters. The SMILES string of the molecule is COc1cc(C)cc(OC)c1OC(=O)C(C)Br. The number of alkyl halides is 1. The van der Waals surface area contributed by atoms with E-state index in [1.54, 1.807) is 19.1 Å². The Morgan fingerprint density at radius 1 is 1.24 bits per heavy atom. The second-order valence-electron chi connectivity index (χ2n) is 3.54. The highest BCUT2D eigenvalue weighted by molar-refractivity contribution is 9.10. The van der Waals surface area contributed by atoms with Crippen LogP contribution in [0.3, 0.4) is 0 Å². The van der Waals surface area contributed by atoms with Crippen molar-refractivity contribution in [1.82, 2.24) is 0 Å². The second kappa shape index (κ2) is 5.91. The van der Waals surface area contributed by atoms with E-state index in [1.165, 1.54) is 14.2 Å². The minimum atomic E-state index is -0.398. The van der Waals surface area contributed by atoms with Gasteiger partial charge in [0.1, 0.15) is 4.83 Å². The molecule has 0 aliphatic carbocycles. The van der Waals surface area contributed by atoms with Crippen molar-refractivity contribution in [3.63, 3.8) is 0 Å². The zero-order valence-electron chi connectivity index (χ0n) is 10.2. The normalized spacial score (nSPS) is 11.8. The van der Waals surface area contributed by atoms with Crippen LogP contribution in [0.2, 0.25) is 0 Å². The number of benzene rings is 1. The Hall–Kier alpha value is -1.23. The van der Waals surface area contributed by atoms with Gasteiger partial charge >= 0.3 is 5.97 Å². The molecule has 0 saturated heterocycles. The van der Waals surface area contributed by atoms with Crippen LogP contribution in [0.4, 0.5) is 0 Å². The number of methoxy groups -OCH3 is 2. The van der Waals surface area contributed by atoms with Crippen molar-refractivity contribution in [2.45, 2.75) is 18.7 Å². The Morgan fingerprint density at radius 3 is 2.06 bits per heavy atom. The highest BCUT2D eigenvalue weighted by Gasteiger charge is 2.19. The number of aryl methyl sites for hydroxylation is 1. The average Bonchev–Trinajstić information content (AvgIpc) is 2.30. The molecule has 1 rings (SSSR count). The number of rotatable bonds is 4. The summed E-state index contributed by atoms with van der Waals surface area (Å²) in [6.45, 7) is 3.60. The molecule has 0 N–H and O–H groups in total. The van der Waals surface area contributed by atoms with Gasteiger partial charge in [-0.15, -0.1) is 0 Å². The number of carbonyl (C=O) groups excluding carboxylic acids is 1. The summed E-state index contributed by atoms with van der Waals surface area (Å²) in [4.78, 5) is 11.2. The summed E-state index contributed by atoms with van der Waals surface area (Å²) in [7, 11) is 3.03. The lowest BCUT2D eigenvalue weighted by Gasteiger charge is -2.14. The summed E-state index contributed by atoms with van der Waals surface area (Å²) in [5, 5.41) is 0. The minimum Gasteiger partial charge on any atom is -0.493 e. The number of hydrogen-bond acceptors (Lipinski definition) is 4. The van der Waals surface area contributed by atoms with Gasteiger partial charge in [-0.05, 0) is 31.5 Å². The van der Waals surface area contributed by atoms with Gasteiger partial charge in [0, 0.05) is 0 Å². The molecular formula is C12H15BrO4. The van der Waals surface area contributed by atoms with Gasteiger partial charge in [0.2, 0.25) is 5.75 Å². The average molecular weight is 303 g/mol. The Kier molecular flexibility index (Phi) is 4.81. The quantitative estimate of drug-likeness (QED) is 0.487. The summed E-state index contributed by atoms with van der Waals surface area (Å²) >= 11 is 3.15. The monoisotopic (exact) mass is 302 g/mol. The molecule has 1 atom stereocenters. The van der Waals surface area contributed by atoms with Crippen LogP contribution in [0.25, 0.3) is 0 Å². The molecule has 0 heterocycles. The molecule has 0 aliphatic rings. The van der Waals surface area contributed by atoms with Crippen molar-refractivity contribution < 1.29 is 19.0 Å². The van der Waals surface area contributed by atoms with Crippen LogP contribution >= 0.6 is 15.9 Å². The number of esters is 1. The third-order valence-electron chi connectivity index (χ3n) is 2.13. The maximum absolute atomic E-state index is 11.6. The first-order chi connectivity index (χ1) is 7.99. The standard InChI is InChI=1S/C12H15BrO4/c1-7-5-9(15-3)11(10(6-7)16-4)17-12(14)8(2)13/h5-6,8H,1-4H3. The molecule has 1 aromatic rings. The lowest BCUT2D eigenvalue weighted by atomic mass is 10.2. The van der Waals surface area contributed by atoms with Gasteiger partial charge in [-0.3, -0.25) is 4.79 Å². The Labute approximate surface area is 109 Å². The highest BCUT2D eigenvalue weighted by atomic mass is 79.9. The molecule has 0 spiro atoms. The van der Waals surface area contributed by atoms with E-state index in [-0.39, 0.29) is 0 Å². The largest absolute Gasteiger partial charge is 0.493 e. The van der Waals surface area contributed by atoms with Crippen LogP contribution in [0, 0.1) is 6.92 Å². The Morgan fingerprint density at radius 2 is 1.71 bits per heavy atom.